The summed E-state index contributed by atoms with van der Waals surface area (Å²) in [5.41, 5.74) is 12.3. The van der Waals surface area contributed by atoms with Crippen LogP contribution in [0.1, 0.15) is 86.1 Å². The minimum atomic E-state index is -1.38. The Morgan fingerprint density at radius 3 is 0.697 bits per heavy atom. The second-order valence-electron chi connectivity index (χ2n) is 13.5. The zero-order valence-electron chi connectivity index (χ0n) is 25.5. The van der Waals surface area contributed by atoms with Crippen molar-refractivity contribution >= 4 is 26.5 Å². The van der Waals surface area contributed by atoms with Crippen LogP contribution in [0.3, 0.4) is 0 Å². The predicted molar refractivity (Wildman–Crippen MR) is 156 cm³/mol. The third-order valence-electron chi connectivity index (χ3n) is 9.88. The van der Waals surface area contributed by atoms with Crippen LogP contribution < -0.4 is 10.4 Å². The van der Waals surface area contributed by atoms with E-state index in [1.807, 2.05) is 0 Å². The first kappa shape index (κ1) is 32.8. The molecule has 0 amide bonds. The van der Waals surface area contributed by atoms with Crippen LogP contribution in [0.25, 0.3) is 0 Å². The molecule has 0 aliphatic heterocycles. The van der Waals surface area contributed by atoms with Gasteiger partial charge in [-0.05, 0) is 10.1 Å². The van der Waals surface area contributed by atoms with Crippen molar-refractivity contribution in [1.29, 1.82) is 0 Å². The van der Waals surface area contributed by atoms with E-state index in [1.165, 1.54) is 22.3 Å². The molecule has 0 atom stereocenters. The number of hydrogen-bond acceptors (Lipinski definition) is 0. The molecule has 186 valence electrons. The first-order chi connectivity index (χ1) is 14.0. The summed E-state index contributed by atoms with van der Waals surface area (Å²) in [4.78, 5) is 0. The van der Waals surface area contributed by atoms with E-state index >= 15 is 0 Å². The molecule has 0 saturated heterocycles. The number of rotatable bonds is 2. The van der Waals surface area contributed by atoms with E-state index in [4.69, 9.17) is 0 Å². The van der Waals surface area contributed by atoms with Gasteiger partial charge in [0.1, 0.15) is 0 Å². The molecule has 0 unspecified atom stereocenters. The smallest absolute Gasteiger partial charge is 0.196 e. The first-order valence-corrected chi connectivity index (χ1v) is 18.5. The van der Waals surface area contributed by atoms with Crippen LogP contribution in [0, 0.1) is 55.4 Å². The van der Waals surface area contributed by atoms with Gasteiger partial charge in [0.25, 0.3) is 0 Å². The van der Waals surface area contributed by atoms with Crippen molar-refractivity contribution in [1.82, 2.24) is 0 Å². The minimum Gasteiger partial charge on any atom is -0.196 e. The maximum atomic E-state index is 2.52. The quantitative estimate of drug-likeness (QED) is 0.275. The first-order valence-electron chi connectivity index (χ1n) is 12.5. The zero-order valence-corrected chi connectivity index (χ0v) is 29.1. The largest absolute Gasteiger partial charge is 2.00 e. The van der Waals surface area contributed by atoms with Crippen LogP contribution in [0.2, 0.25) is 36.3 Å². The number of hydrogen-bond donors (Lipinski definition) is 0. The maximum Gasteiger partial charge on any atom is 2.00 e. The minimum absolute atomic E-state index is 0. The Hall–Kier alpha value is -0.152. The van der Waals surface area contributed by atoms with Crippen molar-refractivity contribution in [2.24, 2.45) is 0 Å². The van der Waals surface area contributed by atoms with Crippen LogP contribution in [-0.2, 0) is 21.7 Å². The molecular weight excluding hydrogens is 464 g/mol. The molecule has 2 aromatic rings. The molecular formula is C30H54Si2Ti. The summed E-state index contributed by atoms with van der Waals surface area (Å²) < 4.78 is 0. The normalized spacial score (nSPS) is 12.9. The Kier molecular flexibility index (Phi) is 10.4. The van der Waals surface area contributed by atoms with Gasteiger partial charge in [-0.3, -0.25) is 0 Å². The van der Waals surface area contributed by atoms with Gasteiger partial charge in [0.15, 0.2) is 0 Å². The van der Waals surface area contributed by atoms with Crippen LogP contribution in [0.5, 0.6) is 0 Å². The average molecular weight is 519 g/mol. The van der Waals surface area contributed by atoms with Gasteiger partial charge in [-0.25, -0.2) is 0 Å². The molecule has 3 heteroatoms. The molecule has 0 spiro atoms. The molecule has 0 radical (unpaired) electrons. The van der Waals surface area contributed by atoms with Crippen LogP contribution in [0.4, 0.5) is 0 Å². The van der Waals surface area contributed by atoms with Gasteiger partial charge in [0, 0.05) is 16.1 Å². The van der Waals surface area contributed by atoms with Gasteiger partial charge in [-0.2, -0.15) is 54.9 Å². The van der Waals surface area contributed by atoms with Gasteiger partial charge >= 0.3 is 21.7 Å². The van der Waals surface area contributed by atoms with Crippen LogP contribution in [0.15, 0.2) is 0 Å². The second kappa shape index (κ2) is 10.5. The Morgan fingerprint density at radius 1 is 0.424 bits per heavy atom. The van der Waals surface area contributed by atoms with Gasteiger partial charge in [0.2, 0.25) is 0 Å². The van der Waals surface area contributed by atoms with Crippen molar-refractivity contribution in [3.05, 3.63) is 44.5 Å². The second-order valence-corrected chi connectivity index (χ2v) is 24.0. The van der Waals surface area contributed by atoms with E-state index in [2.05, 4.69) is 123 Å². The third kappa shape index (κ3) is 5.82. The fraction of sp³-hybridized carbons (Fsp3) is 0.667. The summed E-state index contributed by atoms with van der Waals surface area (Å²) in [6, 6.07) is 0. The summed E-state index contributed by atoms with van der Waals surface area (Å²) in [6.45, 7) is 42.8. The Balaban J connectivity index is 0.000000602. The van der Waals surface area contributed by atoms with Crippen LogP contribution in [-0.4, -0.2) is 16.1 Å². The van der Waals surface area contributed by atoms with E-state index in [-0.39, 0.29) is 21.7 Å². The van der Waals surface area contributed by atoms with Crippen molar-refractivity contribution in [2.75, 3.05) is 0 Å². The van der Waals surface area contributed by atoms with Crippen molar-refractivity contribution < 1.29 is 21.7 Å². The fourth-order valence-electron chi connectivity index (χ4n) is 5.06. The molecule has 0 bridgehead atoms. The molecule has 33 heavy (non-hydrogen) atoms. The van der Waals surface area contributed by atoms with E-state index in [0.717, 1.165) is 0 Å². The molecule has 0 saturated carbocycles. The summed E-state index contributed by atoms with van der Waals surface area (Å²) in [5.74, 6) is 0. The summed E-state index contributed by atoms with van der Waals surface area (Å²) in [6.07, 6.45) is 0. The molecule has 0 fully saturated rings. The van der Waals surface area contributed by atoms with E-state index in [9.17, 15) is 0 Å². The molecule has 0 aromatic heterocycles. The molecule has 0 aliphatic carbocycles. The molecule has 0 aliphatic rings. The van der Waals surface area contributed by atoms with Gasteiger partial charge in [0.05, 0.1) is 0 Å². The van der Waals surface area contributed by atoms with Gasteiger partial charge in [-0.1, -0.05) is 123 Å². The SMILES string of the molecule is Cc1c(C)c(C)[c-]([Si](C)(C)C(C)(C)C)c1C.Cc1c(C)c(C)[c-]([Si](C)(C)C(C)(C)C)c1C.[Ti+2]. The zero-order chi connectivity index (χ0) is 25.8. The maximum absolute atomic E-state index is 2.52. The summed E-state index contributed by atoms with van der Waals surface area (Å²) in [7, 11) is -2.76. The van der Waals surface area contributed by atoms with E-state index in [1.54, 1.807) is 32.6 Å². The van der Waals surface area contributed by atoms with Crippen molar-refractivity contribution in [3.8, 4) is 0 Å². The van der Waals surface area contributed by atoms with E-state index < -0.39 is 16.1 Å². The van der Waals surface area contributed by atoms with Crippen molar-refractivity contribution in [2.45, 2.75) is 133 Å². The Labute approximate surface area is 225 Å². The van der Waals surface area contributed by atoms with Gasteiger partial charge in [-0.15, -0.1) is 0 Å². The fourth-order valence-corrected chi connectivity index (χ4v) is 11.1. The summed E-state index contributed by atoms with van der Waals surface area (Å²) >= 11 is 0. The molecule has 0 nitrogen and oxygen atoms in total. The third-order valence-corrected chi connectivity index (χ3v) is 21.4. The Bertz CT molecular complexity index is 836. The topological polar surface area (TPSA) is 0 Å². The molecule has 2 rings (SSSR count). The average Bonchev–Trinajstić information content (AvgIpc) is 2.93. The van der Waals surface area contributed by atoms with Crippen molar-refractivity contribution in [3.63, 3.8) is 0 Å². The molecule has 0 heterocycles. The van der Waals surface area contributed by atoms with E-state index in [0.29, 0.717) is 10.1 Å². The Morgan fingerprint density at radius 2 is 0.576 bits per heavy atom. The monoisotopic (exact) mass is 518 g/mol. The van der Waals surface area contributed by atoms with Crippen LogP contribution >= 0.6 is 0 Å². The summed E-state index contributed by atoms with van der Waals surface area (Å²) in [5, 5.41) is 4.26. The molecule has 2 aromatic carbocycles. The molecule has 0 N–H and O–H groups in total. The predicted octanol–water partition coefficient (Wildman–Crippen LogP) is 8.71. The standard InChI is InChI=1S/2C15H27Si.Ti/c2*1-10-11(2)13(4)14(12(10)3)16(8,9)15(5,6)7;/h2*1-9H3;/q2*-1;+2. The van der Waals surface area contributed by atoms with Gasteiger partial charge < -0.3 is 0 Å².